The third-order valence-corrected chi connectivity index (χ3v) is 3.06. The van der Waals surface area contributed by atoms with Gasteiger partial charge in [-0.25, -0.2) is 0 Å². The average molecular weight is 304 g/mol. The maximum absolute atomic E-state index is 11.4. The molecule has 1 N–H and O–H groups in total. The molecular formula is C11H14BrNO4. The zero-order valence-corrected chi connectivity index (χ0v) is 10.9. The van der Waals surface area contributed by atoms with Gasteiger partial charge in [0.2, 0.25) is 0 Å². The number of halogens is 1. The molecule has 6 heteroatoms. The lowest BCUT2D eigenvalue weighted by Gasteiger charge is -2.13. The number of rotatable bonds is 7. The number of hydrogen-bond donors (Lipinski definition) is 1. The van der Waals surface area contributed by atoms with Crippen molar-refractivity contribution in [2.75, 3.05) is 6.54 Å². The van der Waals surface area contributed by atoms with Crippen molar-refractivity contribution in [3.63, 3.8) is 0 Å². The number of nitrogens with zero attached hydrogens (tertiary/aromatic N) is 1. The van der Waals surface area contributed by atoms with Crippen LogP contribution in [0.4, 0.5) is 0 Å². The third kappa shape index (κ3) is 4.30. The summed E-state index contributed by atoms with van der Waals surface area (Å²) < 4.78 is 0.299. The molecule has 0 aromatic heterocycles. The van der Waals surface area contributed by atoms with E-state index in [1.54, 1.807) is 0 Å². The van der Waals surface area contributed by atoms with Gasteiger partial charge in [-0.05, 0) is 28.8 Å². The van der Waals surface area contributed by atoms with Gasteiger partial charge in [0.25, 0.3) is 11.8 Å². The quantitative estimate of drug-likeness (QED) is 0.573. The Kier molecular flexibility index (Phi) is 5.34. The molecule has 94 valence electrons. The van der Waals surface area contributed by atoms with Gasteiger partial charge < -0.3 is 5.11 Å². The minimum absolute atomic E-state index is 0.175. The predicted molar refractivity (Wildman–Crippen MR) is 64.5 cm³/mol. The molecular weight excluding hydrogens is 290 g/mol. The highest BCUT2D eigenvalue weighted by Gasteiger charge is 2.28. The number of carboxylic acids is 1. The van der Waals surface area contributed by atoms with Crippen LogP contribution in [0.5, 0.6) is 0 Å². The van der Waals surface area contributed by atoms with Gasteiger partial charge in [-0.2, -0.15) is 0 Å². The van der Waals surface area contributed by atoms with Gasteiger partial charge in [0, 0.05) is 19.0 Å². The molecule has 2 amide bonds. The second-order valence-electron chi connectivity index (χ2n) is 3.85. The van der Waals surface area contributed by atoms with Gasteiger partial charge in [0.15, 0.2) is 0 Å². The summed E-state index contributed by atoms with van der Waals surface area (Å²) >= 11 is 3.02. The minimum atomic E-state index is -0.789. The predicted octanol–water partition coefficient (Wildman–Crippen LogP) is 1.67. The first-order valence-corrected chi connectivity index (χ1v) is 6.26. The normalized spacial score (nSPS) is 15.4. The van der Waals surface area contributed by atoms with E-state index in [2.05, 4.69) is 15.9 Å². The molecule has 1 aliphatic heterocycles. The Balaban J connectivity index is 2.14. The number of carbonyl (C=O) groups excluding carboxylic acids is 2. The zero-order valence-electron chi connectivity index (χ0n) is 9.32. The van der Waals surface area contributed by atoms with Gasteiger partial charge in [0.1, 0.15) is 0 Å². The molecule has 0 bridgehead atoms. The van der Waals surface area contributed by atoms with E-state index < -0.39 is 5.97 Å². The zero-order chi connectivity index (χ0) is 12.8. The van der Waals surface area contributed by atoms with Crippen LogP contribution in [0, 0.1) is 0 Å². The summed E-state index contributed by atoms with van der Waals surface area (Å²) in [5.41, 5.74) is 0. The van der Waals surface area contributed by atoms with Gasteiger partial charge in [-0.3, -0.25) is 19.3 Å². The van der Waals surface area contributed by atoms with Gasteiger partial charge in [-0.1, -0.05) is 12.8 Å². The van der Waals surface area contributed by atoms with E-state index in [1.807, 2.05) is 0 Å². The third-order valence-electron chi connectivity index (χ3n) is 2.49. The number of carboxylic acid groups (broad SMARTS) is 1. The SMILES string of the molecule is O=C(O)CCCCCCN1C(=O)C=C(Br)C1=O. The van der Waals surface area contributed by atoms with Crippen molar-refractivity contribution in [2.24, 2.45) is 0 Å². The van der Waals surface area contributed by atoms with Crippen LogP contribution in [0.1, 0.15) is 32.1 Å². The summed E-state index contributed by atoms with van der Waals surface area (Å²) in [6, 6.07) is 0. The maximum Gasteiger partial charge on any atom is 0.303 e. The molecule has 5 nitrogen and oxygen atoms in total. The van der Waals surface area contributed by atoms with Gasteiger partial charge in [-0.15, -0.1) is 0 Å². The monoisotopic (exact) mass is 303 g/mol. The summed E-state index contributed by atoms with van der Waals surface area (Å²) in [5, 5.41) is 8.43. The van der Waals surface area contributed by atoms with Crippen molar-refractivity contribution in [1.82, 2.24) is 4.90 Å². The fourth-order valence-electron chi connectivity index (χ4n) is 1.59. The highest BCUT2D eigenvalue weighted by molar-refractivity contribution is 9.12. The summed E-state index contributed by atoms with van der Waals surface area (Å²) in [5.74, 6) is -1.36. The van der Waals surface area contributed by atoms with E-state index in [1.165, 1.54) is 11.0 Å². The molecule has 0 fully saturated rings. The smallest absolute Gasteiger partial charge is 0.303 e. The van der Waals surface area contributed by atoms with E-state index in [0.717, 1.165) is 12.8 Å². The second-order valence-corrected chi connectivity index (χ2v) is 4.70. The Morgan fingerprint density at radius 3 is 2.41 bits per heavy atom. The van der Waals surface area contributed by atoms with Crippen molar-refractivity contribution in [2.45, 2.75) is 32.1 Å². The van der Waals surface area contributed by atoms with E-state index in [-0.39, 0.29) is 18.2 Å². The van der Waals surface area contributed by atoms with Gasteiger partial charge in [0.05, 0.1) is 4.48 Å². The number of hydrogen-bond acceptors (Lipinski definition) is 3. The number of unbranched alkanes of at least 4 members (excludes halogenated alkanes) is 3. The number of imide groups is 1. The number of amides is 2. The van der Waals surface area contributed by atoms with Gasteiger partial charge >= 0.3 is 5.97 Å². The largest absolute Gasteiger partial charge is 0.481 e. The minimum Gasteiger partial charge on any atom is -0.481 e. The van der Waals surface area contributed by atoms with Crippen molar-refractivity contribution in [1.29, 1.82) is 0 Å². The average Bonchev–Trinajstić information content (AvgIpc) is 2.48. The van der Waals surface area contributed by atoms with Crippen LogP contribution in [0.2, 0.25) is 0 Å². The lowest BCUT2D eigenvalue weighted by atomic mass is 10.1. The standard InChI is InChI=1S/C11H14BrNO4/c12-8-7-9(14)13(11(8)17)6-4-2-1-3-5-10(15)16/h7H,1-6H2,(H,15,16). The van der Waals surface area contributed by atoms with Crippen LogP contribution >= 0.6 is 15.9 Å². The van der Waals surface area contributed by atoms with Crippen LogP contribution in [-0.2, 0) is 14.4 Å². The van der Waals surface area contributed by atoms with E-state index in [0.29, 0.717) is 23.9 Å². The first-order valence-electron chi connectivity index (χ1n) is 5.47. The Bertz CT molecular complexity index is 364. The Labute approximate surface area is 108 Å². The van der Waals surface area contributed by atoms with Crippen LogP contribution in [0.15, 0.2) is 10.6 Å². The fraction of sp³-hybridized carbons (Fsp3) is 0.545. The molecule has 1 aliphatic rings. The topological polar surface area (TPSA) is 74.7 Å². The summed E-state index contributed by atoms with van der Waals surface area (Å²) in [7, 11) is 0. The molecule has 17 heavy (non-hydrogen) atoms. The molecule has 1 rings (SSSR count). The Hall–Kier alpha value is -1.17. The lowest BCUT2D eigenvalue weighted by Crippen LogP contribution is -2.31. The van der Waals surface area contributed by atoms with Crippen LogP contribution in [-0.4, -0.2) is 34.3 Å². The molecule has 0 radical (unpaired) electrons. The molecule has 0 aromatic rings. The van der Waals surface area contributed by atoms with Crippen molar-refractivity contribution >= 4 is 33.7 Å². The first kappa shape index (κ1) is 13.9. The van der Waals surface area contributed by atoms with Crippen molar-refractivity contribution < 1.29 is 19.5 Å². The number of aliphatic carboxylic acids is 1. The van der Waals surface area contributed by atoms with Crippen LogP contribution in [0.3, 0.4) is 0 Å². The number of carbonyl (C=O) groups is 3. The maximum atomic E-state index is 11.4. The summed E-state index contributed by atoms with van der Waals surface area (Å²) in [6.45, 7) is 0.399. The Morgan fingerprint density at radius 2 is 1.88 bits per heavy atom. The summed E-state index contributed by atoms with van der Waals surface area (Å²) in [6.07, 6.45) is 4.42. The molecule has 1 heterocycles. The van der Waals surface area contributed by atoms with E-state index >= 15 is 0 Å². The molecule has 0 aliphatic carbocycles. The molecule has 0 aromatic carbocycles. The molecule has 0 saturated heterocycles. The van der Waals surface area contributed by atoms with E-state index in [4.69, 9.17) is 5.11 Å². The van der Waals surface area contributed by atoms with Crippen molar-refractivity contribution in [3.05, 3.63) is 10.6 Å². The molecule has 0 atom stereocenters. The highest BCUT2D eigenvalue weighted by Crippen LogP contribution is 2.18. The Morgan fingerprint density at radius 1 is 1.24 bits per heavy atom. The first-order chi connectivity index (χ1) is 8.02. The van der Waals surface area contributed by atoms with E-state index in [9.17, 15) is 14.4 Å². The van der Waals surface area contributed by atoms with Crippen molar-refractivity contribution in [3.8, 4) is 0 Å². The lowest BCUT2D eigenvalue weighted by molar-refractivity contribution is -0.138. The van der Waals surface area contributed by atoms with Crippen LogP contribution < -0.4 is 0 Å². The molecule has 0 saturated carbocycles. The molecule has 0 unspecified atom stereocenters. The highest BCUT2D eigenvalue weighted by atomic mass is 79.9. The van der Waals surface area contributed by atoms with Crippen LogP contribution in [0.25, 0.3) is 0 Å². The summed E-state index contributed by atoms with van der Waals surface area (Å²) in [4.78, 5) is 34.2. The second kappa shape index (κ2) is 6.54. The molecule has 0 spiro atoms. The fourth-order valence-corrected chi connectivity index (χ4v) is 2.00.